The van der Waals surface area contributed by atoms with E-state index in [1.165, 1.54) is 4.68 Å². The first kappa shape index (κ1) is 14.5. The second kappa shape index (κ2) is 6.55. The molecule has 116 valence electrons. The van der Waals surface area contributed by atoms with Crippen molar-refractivity contribution >= 4 is 5.91 Å². The van der Waals surface area contributed by atoms with Crippen LogP contribution in [0.15, 0.2) is 29.2 Å². The largest absolute Gasteiger partial charge is 0.349 e. The molecule has 0 aromatic carbocycles. The number of carbonyl (C=O) groups is 1. The summed E-state index contributed by atoms with van der Waals surface area (Å²) in [4.78, 5) is 28.4. The quantitative estimate of drug-likeness (QED) is 0.890. The molecule has 0 aliphatic carbocycles. The van der Waals surface area contributed by atoms with E-state index >= 15 is 0 Å². The first-order valence-electron chi connectivity index (χ1n) is 7.57. The van der Waals surface area contributed by atoms with Gasteiger partial charge in [0.15, 0.2) is 0 Å². The van der Waals surface area contributed by atoms with Gasteiger partial charge in [0.25, 0.3) is 0 Å². The first-order valence-corrected chi connectivity index (χ1v) is 7.57. The Kier molecular flexibility index (Phi) is 4.32. The van der Waals surface area contributed by atoms with Crippen LogP contribution in [0.3, 0.4) is 0 Å². The van der Waals surface area contributed by atoms with Gasteiger partial charge in [-0.25, -0.2) is 9.48 Å². The third-order valence-corrected chi connectivity index (χ3v) is 3.77. The van der Waals surface area contributed by atoms with Gasteiger partial charge >= 0.3 is 5.69 Å². The lowest BCUT2D eigenvalue weighted by molar-refractivity contribution is -0.122. The molecule has 1 amide bonds. The van der Waals surface area contributed by atoms with Crippen molar-refractivity contribution < 1.29 is 4.79 Å². The fourth-order valence-corrected chi connectivity index (χ4v) is 2.61. The number of aryl methyl sites for hydroxylation is 1. The smallest absolute Gasteiger partial charge is 0.346 e. The van der Waals surface area contributed by atoms with Gasteiger partial charge in [0.2, 0.25) is 5.91 Å². The number of nitrogens with zero attached hydrogens (tertiary/aromatic N) is 4. The van der Waals surface area contributed by atoms with Gasteiger partial charge < -0.3 is 5.32 Å². The summed E-state index contributed by atoms with van der Waals surface area (Å²) in [5.41, 5.74) is 0.591. The molecule has 1 N–H and O–H groups in total. The third kappa shape index (κ3) is 3.24. The van der Waals surface area contributed by atoms with Gasteiger partial charge in [0, 0.05) is 19.2 Å². The minimum Gasteiger partial charge on any atom is -0.349 e. The molecule has 2 aromatic rings. The second-order valence-electron chi connectivity index (χ2n) is 5.42. The zero-order valence-corrected chi connectivity index (χ0v) is 12.4. The maximum Gasteiger partial charge on any atom is 0.346 e. The molecule has 0 unspecified atom stereocenters. The molecule has 0 spiro atoms. The fourth-order valence-electron chi connectivity index (χ4n) is 2.61. The number of hydrogen-bond donors (Lipinski definition) is 1. The zero-order valence-electron chi connectivity index (χ0n) is 12.4. The molecule has 7 heteroatoms. The summed E-state index contributed by atoms with van der Waals surface area (Å²) in [6.45, 7) is 0.997. The SMILES string of the molecule is O=C(Cn1nc2n(c1=O)CCCCC2)NCc1ccccn1. The Bertz CT molecular complexity index is 704. The van der Waals surface area contributed by atoms with Crippen molar-refractivity contribution in [2.24, 2.45) is 0 Å². The van der Waals surface area contributed by atoms with Gasteiger partial charge in [0.1, 0.15) is 12.4 Å². The summed E-state index contributed by atoms with van der Waals surface area (Å²) in [5, 5.41) is 7.05. The van der Waals surface area contributed by atoms with Crippen LogP contribution >= 0.6 is 0 Å². The van der Waals surface area contributed by atoms with E-state index in [4.69, 9.17) is 0 Å². The number of aromatic nitrogens is 4. The normalized spacial score (nSPS) is 14.2. The van der Waals surface area contributed by atoms with Crippen molar-refractivity contribution in [3.63, 3.8) is 0 Å². The third-order valence-electron chi connectivity index (χ3n) is 3.77. The Hall–Kier alpha value is -2.44. The summed E-state index contributed by atoms with van der Waals surface area (Å²) in [7, 11) is 0. The van der Waals surface area contributed by atoms with Gasteiger partial charge in [0.05, 0.1) is 12.2 Å². The van der Waals surface area contributed by atoms with Crippen molar-refractivity contribution in [3.05, 3.63) is 46.4 Å². The molecule has 0 saturated heterocycles. The van der Waals surface area contributed by atoms with Gasteiger partial charge in [-0.3, -0.25) is 14.3 Å². The van der Waals surface area contributed by atoms with Gasteiger partial charge in [-0.05, 0) is 25.0 Å². The van der Waals surface area contributed by atoms with Gasteiger partial charge in [-0.15, -0.1) is 0 Å². The highest BCUT2D eigenvalue weighted by Gasteiger charge is 2.17. The van der Waals surface area contributed by atoms with E-state index in [0.717, 1.165) is 37.2 Å². The highest BCUT2D eigenvalue weighted by atomic mass is 16.2. The molecule has 0 fully saturated rings. The van der Waals surface area contributed by atoms with E-state index in [1.807, 2.05) is 18.2 Å². The van der Waals surface area contributed by atoms with Crippen LogP contribution in [-0.4, -0.2) is 25.2 Å². The van der Waals surface area contributed by atoms with E-state index in [0.29, 0.717) is 13.1 Å². The molecule has 0 radical (unpaired) electrons. The van der Waals surface area contributed by atoms with Crippen molar-refractivity contribution in [3.8, 4) is 0 Å². The summed E-state index contributed by atoms with van der Waals surface area (Å²) in [5.74, 6) is 0.557. The van der Waals surface area contributed by atoms with Gasteiger partial charge in [-0.2, -0.15) is 5.10 Å². The first-order chi connectivity index (χ1) is 10.7. The number of pyridine rings is 1. The van der Waals surface area contributed by atoms with Crippen molar-refractivity contribution in [1.82, 2.24) is 24.6 Å². The number of amides is 1. The van der Waals surface area contributed by atoms with Crippen LogP contribution in [0.4, 0.5) is 0 Å². The molecular formula is C15H19N5O2. The summed E-state index contributed by atoms with van der Waals surface area (Å²) in [6, 6.07) is 5.53. The minimum absolute atomic E-state index is 0.0499. The summed E-state index contributed by atoms with van der Waals surface area (Å²) < 4.78 is 2.95. The van der Waals surface area contributed by atoms with E-state index in [1.54, 1.807) is 10.8 Å². The number of nitrogens with one attached hydrogen (secondary N) is 1. The predicted molar refractivity (Wildman–Crippen MR) is 80.1 cm³/mol. The Balaban J connectivity index is 1.63. The van der Waals surface area contributed by atoms with Crippen LogP contribution < -0.4 is 11.0 Å². The predicted octanol–water partition coefficient (Wildman–Crippen LogP) is 0.483. The lowest BCUT2D eigenvalue weighted by Crippen LogP contribution is -2.33. The Labute approximate surface area is 128 Å². The molecule has 22 heavy (non-hydrogen) atoms. The molecule has 1 aliphatic rings. The Morgan fingerprint density at radius 3 is 3.00 bits per heavy atom. The second-order valence-corrected chi connectivity index (χ2v) is 5.42. The standard InChI is InChI=1S/C15H19N5O2/c21-14(17-10-12-6-3-4-8-16-12)11-20-15(22)19-9-5-1-2-7-13(19)18-20/h3-4,6,8H,1-2,5,7,9-11H2,(H,17,21). The highest BCUT2D eigenvalue weighted by Crippen LogP contribution is 2.10. The van der Waals surface area contributed by atoms with Crippen LogP contribution in [0, 0.1) is 0 Å². The van der Waals surface area contributed by atoms with Crippen LogP contribution in [0.2, 0.25) is 0 Å². The van der Waals surface area contributed by atoms with E-state index < -0.39 is 0 Å². The van der Waals surface area contributed by atoms with Crippen molar-refractivity contribution in [1.29, 1.82) is 0 Å². The van der Waals surface area contributed by atoms with E-state index in [9.17, 15) is 9.59 Å². The zero-order chi connectivity index (χ0) is 15.4. The molecule has 7 nitrogen and oxygen atoms in total. The molecule has 2 aromatic heterocycles. The summed E-state index contributed by atoms with van der Waals surface area (Å²) in [6.07, 6.45) is 5.64. The summed E-state index contributed by atoms with van der Waals surface area (Å²) >= 11 is 0. The molecule has 0 atom stereocenters. The van der Waals surface area contributed by atoms with Crippen LogP contribution in [0.5, 0.6) is 0 Å². The lowest BCUT2D eigenvalue weighted by atomic mass is 10.2. The maximum atomic E-state index is 12.2. The monoisotopic (exact) mass is 301 g/mol. The van der Waals surface area contributed by atoms with E-state index in [2.05, 4.69) is 15.4 Å². The fraction of sp³-hybridized carbons (Fsp3) is 0.467. The number of carbonyl (C=O) groups excluding carboxylic acids is 1. The highest BCUT2D eigenvalue weighted by molar-refractivity contribution is 5.75. The van der Waals surface area contributed by atoms with E-state index in [-0.39, 0.29) is 18.1 Å². The Morgan fingerprint density at radius 2 is 2.18 bits per heavy atom. The van der Waals surface area contributed by atoms with Crippen LogP contribution in [0.1, 0.15) is 30.8 Å². The van der Waals surface area contributed by atoms with Crippen molar-refractivity contribution in [2.45, 2.75) is 45.3 Å². The number of hydrogen-bond acceptors (Lipinski definition) is 4. The van der Waals surface area contributed by atoms with Crippen molar-refractivity contribution in [2.75, 3.05) is 0 Å². The average Bonchev–Trinajstić information content (AvgIpc) is 2.71. The Morgan fingerprint density at radius 1 is 1.27 bits per heavy atom. The molecule has 0 saturated carbocycles. The van der Waals surface area contributed by atoms with Gasteiger partial charge in [-0.1, -0.05) is 12.5 Å². The van der Waals surface area contributed by atoms with Crippen LogP contribution in [-0.2, 0) is 30.8 Å². The number of rotatable bonds is 4. The molecule has 3 rings (SSSR count). The molecule has 1 aliphatic heterocycles. The topological polar surface area (TPSA) is 81.8 Å². The number of fused-ring (bicyclic) bond motifs is 1. The average molecular weight is 301 g/mol. The molecule has 3 heterocycles. The molecule has 0 bridgehead atoms. The minimum atomic E-state index is -0.235. The van der Waals surface area contributed by atoms with Crippen LogP contribution in [0.25, 0.3) is 0 Å². The maximum absolute atomic E-state index is 12.2. The lowest BCUT2D eigenvalue weighted by Gasteiger charge is -2.04. The molecular weight excluding hydrogens is 282 g/mol.